The van der Waals surface area contributed by atoms with Crippen molar-refractivity contribution in [3.05, 3.63) is 34.3 Å². The van der Waals surface area contributed by atoms with Gasteiger partial charge in [0, 0.05) is 42.2 Å². The highest BCUT2D eigenvalue weighted by atomic mass is 79.9. The Bertz CT molecular complexity index is 726. The largest absolute Gasteiger partial charge is 0.381 e. The predicted molar refractivity (Wildman–Crippen MR) is 111 cm³/mol. The van der Waals surface area contributed by atoms with E-state index in [4.69, 9.17) is 4.74 Å². The van der Waals surface area contributed by atoms with Crippen molar-refractivity contribution in [1.82, 2.24) is 10.2 Å². The number of hydrogen-bond donors (Lipinski definition) is 1. The highest BCUT2D eigenvalue weighted by Crippen LogP contribution is 2.45. The molecule has 2 amide bonds. The molecule has 3 aliphatic rings. The van der Waals surface area contributed by atoms with Crippen LogP contribution in [0.5, 0.6) is 0 Å². The van der Waals surface area contributed by atoms with E-state index in [1.54, 1.807) is 0 Å². The Labute approximate surface area is 175 Å². The topological polar surface area (TPSA) is 58.6 Å². The van der Waals surface area contributed by atoms with Crippen LogP contribution in [-0.4, -0.2) is 49.1 Å². The molecule has 2 aliphatic heterocycles. The van der Waals surface area contributed by atoms with Gasteiger partial charge in [-0.2, -0.15) is 0 Å². The van der Waals surface area contributed by atoms with Gasteiger partial charge in [0.25, 0.3) is 5.91 Å². The molecule has 0 radical (unpaired) electrons. The maximum absolute atomic E-state index is 13.3. The minimum absolute atomic E-state index is 0.00584. The molecular formula is C22H29BrN2O3. The van der Waals surface area contributed by atoms with E-state index >= 15 is 0 Å². The first-order chi connectivity index (χ1) is 13.6. The lowest BCUT2D eigenvalue weighted by Gasteiger charge is -2.37. The maximum atomic E-state index is 13.3. The summed E-state index contributed by atoms with van der Waals surface area (Å²) in [6, 6.07) is 7.82. The van der Waals surface area contributed by atoms with E-state index in [-0.39, 0.29) is 23.1 Å². The molecular weight excluding hydrogens is 420 g/mol. The second kappa shape index (κ2) is 8.54. The first-order valence-corrected chi connectivity index (χ1v) is 11.3. The molecule has 1 spiro atoms. The van der Waals surface area contributed by atoms with Crippen molar-refractivity contribution >= 4 is 27.7 Å². The van der Waals surface area contributed by atoms with Gasteiger partial charge in [-0.1, -0.05) is 31.4 Å². The number of amides is 2. The zero-order valence-corrected chi connectivity index (χ0v) is 17.9. The normalized spacial score (nSPS) is 25.0. The van der Waals surface area contributed by atoms with E-state index in [9.17, 15) is 9.59 Å². The number of halogens is 1. The molecule has 2 saturated heterocycles. The summed E-state index contributed by atoms with van der Waals surface area (Å²) in [5.41, 5.74) is 0.506. The molecule has 3 fully saturated rings. The van der Waals surface area contributed by atoms with Gasteiger partial charge >= 0.3 is 0 Å². The number of ether oxygens (including phenoxy) is 1. The molecule has 1 saturated carbocycles. The average molecular weight is 449 g/mol. The SMILES string of the molecule is O=C(NC1CCCCC1)C1CN(C(=O)c2ccccc2Br)CC12CCOCC2. The van der Waals surface area contributed by atoms with Crippen molar-refractivity contribution < 1.29 is 14.3 Å². The number of likely N-dealkylation sites (tertiary alicyclic amines) is 1. The standard InChI is InChI=1S/C22H29BrN2O3/c23-19-9-5-4-8-17(19)21(27)25-14-18(22(15-25)10-12-28-13-11-22)20(26)24-16-6-2-1-3-7-16/h4-5,8-9,16,18H,1-3,6-7,10-15H2,(H,24,26). The van der Waals surface area contributed by atoms with Crippen LogP contribution in [0.3, 0.4) is 0 Å². The molecule has 0 bridgehead atoms. The van der Waals surface area contributed by atoms with E-state index in [1.807, 2.05) is 29.2 Å². The second-order valence-electron chi connectivity index (χ2n) is 8.54. The van der Waals surface area contributed by atoms with Crippen molar-refractivity contribution in [2.24, 2.45) is 11.3 Å². The van der Waals surface area contributed by atoms with Crippen molar-refractivity contribution in [3.8, 4) is 0 Å². The quantitative estimate of drug-likeness (QED) is 0.765. The average Bonchev–Trinajstić information content (AvgIpc) is 3.08. The minimum atomic E-state index is -0.159. The highest BCUT2D eigenvalue weighted by molar-refractivity contribution is 9.10. The molecule has 6 heteroatoms. The second-order valence-corrected chi connectivity index (χ2v) is 9.39. The Balaban J connectivity index is 1.53. The van der Waals surface area contributed by atoms with Crippen molar-refractivity contribution in [3.63, 3.8) is 0 Å². The van der Waals surface area contributed by atoms with Crippen LogP contribution in [0.2, 0.25) is 0 Å². The summed E-state index contributed by atoms with van der Waals surface area (Å²) in [4.78, 5) is 28.3. The van der Waals surface area contributed by atoms with Gasteiger partial charge in [-0.25, -0.2) is 0 Å². The van der Waals surface area contributed by atoms with Crippen LogP contribution in [-0.2, 0) is 9.53 Å². The molecule has 152 valence electrons. The smallest absolute Gasteiger partial charge is 0.255 e. The molecule has 1 aliphatic carbocycles. The lowest BCUT2D eigenvalue weighted by molar-refractivity contribution is -0.130. The lowest BCUT2D eigenvalue weighted by atomic mass is 9.71. The Morgan fingerprint density at radius 2 is 1.82 bits per heavy atom. The fourth-order valence-corrected chi connectivity index (χ4v) is 5.58. The first kappa shape index (κ1) is 19.9. The van der Waals surface area contributed by atoms with Gasteiger partial charge < -0.3 is 15.0 Å². The van der Waals surface area contributed by atoms with Crippen molar-refractivity contribution in [1.29, 1.82) is 0 Å². The molecule has 4 rings (SSSR count). The number of carbonyl (C=O) groups is 2. The van der Waals surface area contributed by atoms with Gasteiger partial charge in [0.15, 0.2) is 0 Å². The molecule has 1 aromatic carbocycles. The molecule has 5 nitrogen and oxygen atoms in total. The highest BCUT2D eigenvalue weighted by Gasteiger charge is 2.52. The fraction of sp³-hybridized carbons (Fsp3) is 0.636. The summed E-state index contributed by atoms with van der Waals surface area (Å²) in [7, 11) is 0. The van der Waals surface area contributed by atoms with Crippen molar-refractivity contribution in [2.75, 3.05) is 26.3 Å². The Morgan fingerprint density at radius 3 is 2.54 bits per heavy atom. The number of hydrogen-bond acceptors (Lipinski definition) is 3. The summed E-state index contributed by atoms with van der Waals surface area (Å²) in [5, 5.41) is 3.32. The summed E-state index contributed by atoms with van der Waals surface area (Å²) in [5.74, 6) is -0.00713. The zero-order valence-electron chi connectivity index (χ0n) is 16.3. The van der Waals surface area contributed by atoms with E-state index in [1.165, 1.54) is 19.3 Å². The van der Waals surface area contributed by atoms with E-state index < -0.39 is 0 Å². The number of nitrogens with zero attached hydrogens (tertiary/aromatic N) is 1. The Hall–Kier alpha value is -1.40. The Morgan fingerprint density at radius 1 is 1.11 bits per heavy atom. The molecule has 1 unspecified atom stereocenters. The number of nitrogens with one attached hydrogen (secondary N) is 1. The Kier molecular flexibility index (Phi) is 6.07. The van der Waals surface area contributed by atoms with Crippen molar-refractivity contribution in [2.45, 2.75) is 51.0 Å². The van der Waals surface area contributed by atoms with Crippen LogP contribution < -0.4 is 5.32 Å². The first-order valence-electron chi connectivity index (χ1n) is 10.5. The third kappa shape index (κ3) is 3.99. The lowest BCUT2D eigenvalue weighted by Crippen LogP contribution is -2.47. The molecule has 2 heterocycles. The zero-order chi connectivity index (χ0) is 19.6. The predicted octanol–water partition coefficient (Wildman–Crippen LogP) is 3.77. The van der Waals surface area contributed by atoms with Crippen LogP contribution in [0.1, 0.15) is 55.3 Å². The van der Waals surface area contributed by atoms with Crippen LogP contribution in [0.25, 0.3) is 0 Å². The summed E-state index contributed by atoms with van der Waals surface area (Å²) < 4.78 is 6.39. The van der Waals surface area contributed by atoms with Crippen LogP contribution in [0, 0.1) is 11.3 Å². The summed E-state index contributed by atoms with van der Waals surface area (Å²) in [6.07, 6.45) is 7.50. The van der Waals surface area contributed by atoms with Crippen LogP contribution >= 0.6 is 15.9 Å². The molecule has 0 aromatic heterocycles. The molecule has 1 N–H and O–H groups in total. The fourth-order valence-electron chi connectivity index (χ4n) is 5.12. The van der Waals surface area contributed by atoms with E-state index in [0.29, 0.717) is 37.9 Å². The van der Waals surface area contributed by atoms with Gasteiger partial charge in [0.05, 0.1) is 11.5 Å². The monoisotopic (exact) mass is 448 g/mol. The molecule has 28 heavy (non-hydrogen) atoms. The number of carbonyl (C=O) groups excluding carboxylic acids is 2. The maximum Gasteiger partial charge on any atom is 0.255 e. The number of benzene rings is 1. The van der Waals surface area contributed by atoms with Crippen LogP contribution in [0.4, 0.5) is 0 Å². The third-order valence-electron chi connectivity index (χ3n) is 6.80. The van der Waals surface area contributed by atoms with E-state index in [2.05, 4.69) is 21.2 Å². The molecule has 1 atom stereocenters. The molecule has 1 aromatic rings. The summed E-state index contributed by atoms with van der Waals surface area (Å²) >= 11 is 3.49. The van der Waals surface area contributed by atoms with Gasteiger partial charge in [-0.3, -0.25) is 9.59 Å². The minimum Gasteiger partial charge on any atom is -0.381 e. The van der Waals surface area contributed by atoms with Gasteiger partial charge in [-0.05, 0) is 53.7 Å². The van der Waals surface area contributed by atoms with Crippen LogP contribution in [0.15, 0.2) is 28.7 Å². The van der Waals surface area contributed by atoms with Gasteiger partial charge in [0.1, 0.15) is 0 Å². The third-order valence-corrected chi connectivity index (χ3v) is 7.49. The van der Waals surface area contributed by atoms with Gasteiger partial charge in [-0.15, -0.1) is 0 Å². The number of rotatable bonds is 3. The van der Waals surface area contributed by atoms with Gasteiger partial charge in [0.2, 0.25) is 5.91 Å². The van der Waals surface area contributed by atoms with E-state index in [0.717, 1.165) is 30.2 Å². The summed E-state index contributed by atoms with van der Waals surface area (Å²) in [6.45, 7) is 2.48.